The zero-order valence-electron chi connectivity index (χ0n) is 9.13. The fourth-order valence-electron chi connectivity index (χ4n) is 1.65. The number of benzene rings is 2. The highest BCUT2D eigenvalue weighted by atomic mass is 16.4. The Balaban J connectivity index is 2.36. The van der Waals surface area contributed by atoms with E-state index in [0.29, 0.717) is 0 Å². The summed E-state index contributed by atoms with van der Waals surface area (Å²) >= 11 is 0. The Hall–Kier alpha value is -2.13. The molecule has 86 valence electrons. The third-order valence-electron chi connectivity index (χ3n) is 2.57. The fraction of sp³-hybridized carbons (Fsp3) is 0.0714. The van der Waals surface area contributed by atoms with Crippen molar-refractivity contribution in [1.29, 1.82) is 0 Å². The van der Waals surface area contributed by atoms with Gasteiger partial charge < -0.3 is 10.2 Å². The predicted molar refractivity (Wildman–Crippen MR) is 64.8 cm³/mol. The number of aliphatic hydroxyl groups excluding tert-OH is 1. The molecule has 0 bridgehead atoms. The number of rotatable bonds is 3. The molecule has 0 aliphatic rings. The van der Waals surface area contributed by atoms with E-state index in [1.54, 1.807) is 24.3 Å². The maximum atomic E-state index is 10.7. The summed E-state index contributed by atoms with van der Waals surface area (Å²) in [5.74, 6) is -0.930. The van der Waals surface area contributed by atoms with Crippen molar-refractivity contribution >= 4 is 5.97 Å². The molecule has 0 unspecified atom stereocenters. The molecule has 17 heavy (non-hydrogen) atoms. The first-order valence-electron chi connectivity index (χ1n) is 5.24. The molecule has 0 heterocycles. The Kier molecular flexibility index (Phi) is 3.21. The molecule has 0 aromatic heterocycles. The summed E-state index contributed by atoms with van der Waals surface area (Å²) in [5.41, 5.74) is 3.01. The second kappa shape index (κ2) is 4.80. The molecule has 0 saturated carbocycles. The first kappa shape index (κ1) is 11.4. The standard InChI is InChI=1S/C14H12O3/c15-9-10-2-1-3-13(8-10)11-4-6-12(7-5-11)14(16)17/h1-8,15H,9H2,(H,16,17). The lowest BCUT2D eigenvalue weighted by molar-refractivity contribution is 0.0697. The van der Waals surface area contributed by atoms with Gasteiger partial charge >= 0.3 is 5.97 Å². The second-order valence-electron chi connectivity index (χ2n) is 3.74. The number of aliphatic hydroxyl groups is 1. The van der Waals surface area contributed by atoms with E-state index in [9.17, 15) is 4.79 Å². The van der Waals surface area contributed by atoms with Crippen molar-refractivity contribution in [2.24, 2.45) is 0 Å². The van der Waals surface area contributed by atoms with E-state index >= 15 is 0 Å². The lowest BCUT2D eigenvalue weighted by atomic mass is 10.0. The summed E-state index contributed by atoms with van der Waals surface area (Å²) in [6.07, 6.45) is 0. The maximum Gasteiger partial charge on any atom is 0.335 e. The second-order valence-corrected chi connectivity index (χ2v) is 3.74. The van der Waals surface area contributed by atoms with Gasteiger partial charge in [0, 0.05) is 0 Å². The first-order chi connectivity index (χ1) is 8.20. The van der Waals surface area contributed by atoms with Gasteiger partial charge in [0.1, 0.15) is 0 Å². The Bertz CT molecular complexity index is 529. The van der Waals surface area contributed by atoms with Crippen LogP contribution in [0.1, 0.15) is 15.9 Å². The SMILES string of the molecule is O=C(O)c1ccc(-c2cccc(CO)c2)cc1. The van der Waals surface area contributed by atoms with Crippen LogP contribution < -0.4 is 0 Å². The van der Waals surface area contributed by atoms with E-state index < -0.39 is 5.97 Å². The van der Waals surface area contributed by atoms with Crippen molar-refractivity contribution in [1.82, 2.24) is 0 Å². The zero-order valence-corrected chi connectivity index (χ0v) is 9.13. The number of carboxylic acid groups (broad SMARTS) is 1. The minimum absolute atomic E-state index is 0.00104. The lowest BCUT2D eigenvalue weighted by Crippen LogP contribution is -1.95. The molecular formula is C14H12O3. The number of carbonyl (C=O) groups is 1. The van der Waals surface area contributed by atoms with Crippen molar-refractivity contribution in [2.75, 3.05) is 0 Å². The summed E-state index contributed by atoms with van der Waals surface area (Å²) in [5, 5.41) is 17.8. The molecule has 0 amide bonds. The van der Waals surface area contributed by atoms with Gasteiger partial charge in [-0.2, -0.15) is 0 Å². The number of hydrogen-bond acceptors (Lipinski definition) is 2. The van der Waals surface area contributed by atoms with Crippen molar-refractivity contribution in [3.05, 3.63) is 59.7 Å². The molecule has 0 spiro atoms. The molecule has 2 rings (SSSR count). The maximum absolute atomic E-state index is 10.7. The summed E-state index contributed by atoms with van der Waals surface area (Å²) in [7, 11) is 0. The van der Waals surface area contributed by atoms with Crippen LogP contribution in [0.15, 0.2) is 48.5 Å². The number of hydrogen-bond donors (Lipinski definition) is 2. The monoisotopic (exact) mass is 228 g/mol. The topological polar surface area (TPSA) is 57.5 Å². The van der Waals surface area contributed by atoms with Crippen LogP contribution in [0.2, 0.25) is 0 Å². The number of carboxylic acids is 1. The van der Waals surface area contributed by atoms with E-state index in [1.165, 1.54) is 0 Å². The quantitative estimate of drug-likeness (QED) is 0.848. The van der Waals surface area contributed by atoms with E-state index in [4.69, 9.17) is 10.2 Å². The molecule has 2 N–H and O–H groups in total. The molecule has 3 nitrogen and oxygen atoms in total. The van der Waals surface area contributed by atoms with Crippen LogP contribution in [0.4, 0.5) is 0 Å². The molecule has 2 aromatic rings. The fourth-order valence-corrected chi connectivity index (χ4v) is 1.65. The van der Waals surface area contributed by atoms with Crippen molar-refractivity contribution < 1.29 is 15.0 Å². The van der Waals surface area contributed by atoms with Crippen LogP contribution in [0.5, 0.6) is 0 Å². The van der Waals surface area contributed by atoms with Crippen molar-refractivity contribution in [2.45, 2.75) is 6.61 Å². The lowest BCUT2D eigenvalue weighted by Gasteiger charge is -2.04. The van der Waals surface area contributed by atoms with Gasteiger partial charge in [-0.25, -0.2) is 4.79 Å². The third kappa shape index (κ3) is 2.52. The number of aromatic carboxylic acids is 1. The molecule has 2 aromatic carbocycles. The van der Waals surface area contributed by atoms with Crippen LogP contribution in [0.25, 0.3) is 11.1 Å². The molecule has 0 aliphatic heterocycles. The summed E-state index contributed by atoms with van der Waals surface area (Å²) in [4.78, 5) is 10.7. The van der Waals surface area contributed by atoms with Crippen LogP contribution in [0.3, 0.4) is 0 Å². The van der Waals surface area contributed by atoms with Gasteiger partial charge in [0.25, 0.3) is 0 Å². The molecule has 0 atom stereocenters. The minimum Gasteiger partial charge on any atom is -0.478 e. The Morgan fingerprint density at radius 3 is 2.29 bits per heavy atom. The van der Waals surface area contributed by atoms with E-state index in [-0.39, 0.29) is 12.2 Å². The van der Waals surface area contributed by atoms with Crippen LogP contribution in [-0.4, -0.2) is 16.2 Å². The predicted octanol–water partition coefficient (Wildman–Crippen LogP) is 2.54. The van der Waals surface area contributed by atoms with E-state index in [1.807, 2.05) is 24.3 Å². The van der Waals surface area contributed by atoms with Gasteiger partial charge in [0.15, 0.2) is 0 Å². The average molecular weight is 228 g/mol. The minimum atomic E-state index is -0.930. The first-order valence-corrected chi connectivity index (χ1v) is 5.24. The van der Waals surface area contributed by atoms with Gasteiger partial charge in [0.05, 0.1) is 12.2 Å². The van der Waals surface area contributed by atoms with Crippen molar-refractivity contribution in [3.63, 3.8) is 0 Å². The van der Waals surface area contributed by atoms with Crippen LogP contribution in [0, 0.1) is 0 Å². The van der Waals surface area contributed by atoms with E-state index in [2.05, 4.69) is 0 Å². The molecular weight excluding hydrogens is 216 g/mol. The smallest absolute Gasteiger partial charge is 0.335 e. The molecule has 0 aliphatic carbocycles. The largest absolute Gasteiger partial charge is 0.478 e. The van der Waals surface area contributed by atoms with Gasteiger partial charge in [0.2, 0.25) is 0 Å². The summed E-state index contributed by atoms with van der Waals surface area (Å²) in [6.45, 7) is 0.00104. The Morgan fingerprint density at radius 1 is 1.00 bits per heavy atom. The molecule has 0 radical (unpaired) electrons. The Morgan fingerprint density at radius 2 is 1.71 bits per heavy atom. The van der Waals surface area contributed by atoms with Crippen molar-refractivity contribution in [3.8, 4) is 11.1 Å². The Labute approximate surface area is 99.0 Å². The average Bonchev–Trinajstić information content (AvgIpc) is 2.39. The summed E-state index contributed by atoms with van der Waals surface area (Å²) < 4.78 is 0. The molecule has 3 heteroatoms. The van der Waals surface area contributed by atoms with Crippen LogP contribution >= 0.6 is 0 Å². The zero-order chi connectivity index (χ0) is 12.3. The highest BCUT2D eigenvalue weighted by molar-refractivity contribution is 5.88. The van der Waals surface area contributed by atoms with Gasteiger partial charge in [-0.3, -0.25) is 0 Å². The normalized spacial score (nSPS) is 10.2. The molecule has 0 fully saturated rings. The van der Waals surface area contributed by atoms with E-state index in [0.717, 1.165) is 16.7 Å². The van der Waals surface area contributed by atoms with Gasteiger partial charge in [-0.05, 0) is 34.9 Å². The van der Waals surface area contributed by atoms with Gasteiger partial charge in [-0.15, -0.1) is 0 Å². The molecule has 0 saturated heterocycles. The highest BCUT2D eigenvalue weighted by Gasteiger charge is 2.03. The summed E-state index contributed by atoms with van der Waals surface area (Å²) in [6, 6.07) is 14.2. The van der Waals surface area contributed by atoms with Crippen LogP contribution in [-0.2, 0) is 6.61 Å². The highest BCUT2D eigenvalue weighted by Crippen LogP contribution is 2.21. The van der Waals surface area contributed by atoms with Gasteiger partial charge in [-0.1, -0.05) is 30.3 Å². The third-order valence-corrected chi connectivity index (χ3v) is 2.57.